The molecule has 4 aromatic heterocycles. The van der Waals surface area contributed by atoms with E-state index in [2.05, 4.69) is 30.1 Å². The predicted molar refractivity (Wildman–Crippen MR) is 103 cm³/mol. The Bertz CT molecular complexity index is 1310. The fourth-order valence-electron chi connectivity index (χ4n) is 4.39. The van der Waals surface area contributed by atoms with Crippen molar-refractivity contribution in [3.63, 3.8) is 0 Å². The van der Waals surface area contributed by atoms with Gasteiger partial charge in [-0.15, -0.1) is 0 Å². The first kappa shape index (κ1) is 17.2. The van der Waals surface area contributed by atoms with Crippen LogP contribution in [0.2, 0.25) is 0 Å². The van der Waals surface area contributed by atoms with Crippen molar-refractivity contribution in [2.24, 2.45) is 11.8 Å². The minimum absolute atomic E-state index is 0.109. The smallest absolute Gasteiger partial charge is 0.276 e. The largest absolute Gasteiger partial charge is 0.356 e. The molecule has 2 unspecified atom stereocenters. The lowest BCUT2D eigenvalue weighted by Gasteiger charge is -2.20. The summed E-state index contributed by atoms with van der Waals surface area (Å²) < 4.78 is 20.1. The number of halogens is 1. The molecule has 6 rings (SSSR count). The van der Waals surface area contributed by atoms with Gasteiger partial charge in [-0.05, 0) is 30.0 Å². The number of anilines is 1. The molecule has 0 aromatic carbocycles. The number of pyridine rings is 2. The number of piperidine rings is 1. The van der Waals surface area contributed by atoms with Crippen molar-refractivity contribution in [2.75, 3.05) is 18.0 Å². The average Bonchev–Trinajstić information content (AvgIpc) is 3.10. The highest BCUT2D eigenvalue weighted by atomic mass is 19.1. The van der Waals surface area contributed by atoms with E-state index in [0.29, 0.717) is 40.3 Å². The summed E-state index contributed by atoms with van der Waals surface area (Å²) in [5.74, 6) is 2.39. The van der Waals surface area contributed by atoms with Gasteiger partial charge < -0.3 is 9.42 Å². The third-order valence-corrected chi connectivity index (χ3v) is 5.92. The first-order chi connectivity index (χ1) is 14.7. The molecule has 0 N–H and O–H groups in total. The second kappa shape index (κ2) is 6.41. The zero-order valence-corrected chi connectivity index (χ0v) is 15.7. The van der Waals surface area contributed by atoms with Crippen LogP contribution in [0.1, 0.15) is 17.6 Å². The van der Waals surface area contributed by atoms with Crippen LogP contribution in [-0.2, 0) is 6.54 Å². The van der Waals surface area contributed by atoms with E-state index in [0.717, 1.165) is 13.1 Å². The molecule has 150 valence electrons. The van der Waals surface area contributed by atoms with Crippen LogP contribution in [0.3, 0.4) is 0 Å². The molecule has 2 aliphatic rings. The highest BCUT2D eigenvalue weighted by Crippen LogP contribution is 2.57. The summed E-state index contributed by atoms with van der Waals surface area (Å²) in [5, 5.41) is 8.77. The fourth-order valence-corrected chi connectivity index (χ4v) is 4.39. The van der Waals surface area contributed by atoms with Gasteiger partial charge in [0.05, 0.1) is 17.1 Å². The molecule has 1 aliphatic carbocycles. The molecule has 2 atom stereocenters. The fraction of sp³-hybridized carbons (Fsp3) is 0.300. The van der Waals surface area contributed by atoms with Gasteiger partial charge in [-0.2, -0.15) is 10.1 Å². The van der Waals surface area contributed by atoms with E-state index in [1.54, 1.807) is 24.5 Å². The van der Waals surface area contributed by atoms with Crippen molar-refractivity contribution >= 4 is 16.7 Å². The molecule has 4 aromatic rings. The van der Waals surface area contributed by atoms with Crippen LogP contribution in [0.4, 0.5) is 10.2 Å². The zero-order valence-electron chi connectivity index (χ0n) is 15.7. The third kappa shape index (κ3) is 2.75. The molecule has 0 radical (unpaired) electrons. The Balaban J connectivity index is 1.16. The molecule has 2 fully saturated rings. The molecule has 0 spiro atoms. The monoisotopic (exact) mass is 405 g/mol. The average molecular weight is 405 g/mol. The van der Waals surface area contributed by atoms with Gasteiger partial charge in [-0.1, -0.05) is 5.16 Å². The summed E-state index contributed by atoms with van der Waals surface area (Å²) in [6.07, 6.45) is 4.65. The Hall–Kier alpha value is -3.69. The molecule has 1 saturated carbocycles. The first-order valence-electron chi connectivity index (χ1n) is 9.67. The second-order valence-electron chi connectivity index (χ2n) is 7.68. The Kier molecular flexibility index (Phi) is 3.67. The number of rotatable bonds is 4. The lowest BCUT2D eigenvalue weighted by molar-refractivity contribution is 0.358. The van der Waals surface area contributed by atoms with Crippen molar-refractivity contribution in [1.29, 1.82) is 0 Å². The second-order valence-corrected chi connectivity index (χ2v) is 7.68. The van der Waals surface area contributed by atoms with Gasteiger partial charge in [0.2, 0.25) is 5.89 Å². The predicted octanol–water partition coefficient (Wildman–Crippen LogP) is 1.61. The maximum absolute atomic E-state index is 13.4. The highest BCUT2D eigenvalue weighted by molar-refractivity contribution is 5.75. The van der Waals surface area contributed by atoms with E-state index in [9.17, 15) is 9.18 Å². The van der Waals surface area contributed by atoms with Crippen LogP contribution in [-0.4, -0.2) is 43.0 Å². The summed E-state index contributed by atoms with van der Waals surface area (Å²) >= 11 is 0. The van der Waals surface area contributed by atoms with E-state index in [1.165, 1.54) is 23.0 Å². The van der Waals surface area contributed by atoms with Crippen molar-refractivity contribution in [2.45, 2.75) is 12.5 Å². The number of fused-ring (bicyclic) bond motifs is 2. The van der Waals surface area contributed by atoms with Gasteiger partial charge in [0.15, 0.2) is 5.82 Å². The van der Waals surface area contributed by atoms with Crippen LogP contribution in [0.5, 0.6) is 0 Å². The third-order valence-electron chi connectivity index (χ3n) is 5.92. The molecule has 0 bridgehead atoms. The Morgan fingerprint density at radius 1 is 1.17 bits per heavy atom. The number of hydrogen-bond donors (Lipinski definition) is 0. The normalized spacial score (nSPS) is 22.4. The van der Waals surface area contributed by atoms with Crippen LogP contribution in [0.25, 0.3) is 10.9 Å². The standard InChI is InChI=1S/C20H16FN7O2/c21-11-3-5-23-16(6-11)27-8-13-14(9-27)18(13)19-25-17(30-26-19)10-28-20(29)12-2-1-4-22-15(12)7-24-28/h1-7,13-14,18H,8-10H2. The summed E-state index contributed by atoms with van der Waals surface area (Å²) in [4.78, 5) is 27.5. The Morgan fingerprint density at radius 3 is 2.87 bits per heavy atom. The van der Waals surface area contributed by atoms with Gasteiger partial charge in [-0.3, -0.25) is 9.78 Å². The van der Waals surface area contributed by atoms with Crippen LogP contribution < -0.4 is 10.5 Å². The lowest BCUT2D eigenvalue weighted by atomic mass is 10.2. The highest BCUT2D eigenvalue weighted by Gasteiger charge is 2.58. The molecule has 10 heteroatoms. The molecule has 0 amide bonds. The molecular formula is C20H16FN7O2. The minimum Gasteiger partial charge on any atom is -0.356 e. The summed E-state index contributed by atoms with van der Waals surface area (Å²) in [6.45, 7) is 1.68. The van der Waals surface area contributed by atoms with Crippen LogP contribution >= 0.6 is 0 Å². The van der Waals surface area contributed by atoms with Gasteiger partial charge >= 0.3 is 0 Å². The minimum atomic E-state index is -0.284. The van der Waals surface area contributed by atoms with Crippen molar-refractivity contribution in [3.8, 4) is 0 Å². The molecule has 1 aliphatic heterocycles. The summed E-state index contributed by atoms with van der Waals surface area (Å²) in [6, 6.07) is 6.23. The van der Waals surface area contributed by atoms with E-state index in [1.807, 2.05) is 0 Å². The summed E-state index contributed by atoms with van der Waals surface area (Å²) in [7, 11) is 0. The Morgan fingerprint density at radius 2 is 2.03 bits per heavy atom. The van der Waals surface area contributed by atoms with Gasteiger partial charge in [0.1, 0.15) is 18.2 Å². The van der Waals surface area contributed by atoms with E-state index in [4.69, 9.17) is 4.52 Å². The lowest BCUT2D eigenvalue weighted by Crippen LogP contribution is -2.25. The Labute approximate surface area is 169 Å². The molecule has 1 saturated heterocycles. The van der Waals surface area contributed by atoms with Crippen molar-refractivity contribution in [3.05, 3.63) is 70.7 Å². The maximum Gasteiger partial charge on any atom is 0.276 e. The van der Waals surface area contributed by atoms with Crippen molar-refractivity contribution < 1.29 is 8.91 Å². The molecule has 30 heavy (non-hydrogen) atoms. The first-order valence-corrected chi connectivity index (χ1v) is 9.67. The molecular weight excluding hydrogens is 389 g/mol. The van der Waals surface area contributed by atoms with Gasteiger partial charge in [0, 0.05) is 37.5 Å². The quantitative estimate of drug-likeness (QED) is 0.505. The number of nitrogens with zero attached hydrogens (tertiary/aromatic N) is 7. The number of aromatic nitrogens is 6. The van der Waals surface area contributed by atoms with E-state index >= 15 is 0 Å². The van der Waals surface area contributed by atoms with Gasteiger partial charge in [0.25, 0.3) is 5.56 Å². The van der Waals surface area contributed by atoms with Crippen LogP contribution in [0.15, 0.2) is 52.2 Å². The van der Waals surface area contributed by atoms with Gasteiger partial charge in [-0.25, -0.2) is 14.1 Å². The molecule has 9 nitrogen and oxygen atoms in total. The molecule has 5 heterocycles. The zero-order chi connectivity index (χ0) is 20.2. The van der Waals surface area contributed by atoms with Crippen molar-refractivity contribution in [1.82, 2.24) is 29.9 Å². The maximum atomic E-state index is 13.4. The van der Waals surface area contributed by atoms with Crippen LogP contribution in [0, 0.1) is 17.7 Å². The van der Waals surface area contributed by atoms with E-state index < -0.39 is 0 Å². The summed E-state index contributed by atoms with van der Waals surface area (Å²) in [5.41, 5.74) is 0.301. The topological polar surface area (TPSA) is 103 Å². The van der Waals surface area contributed by atoms with E-state index in [-0.39, 0.29) is 23.8 Å². The SMILES string of the molecule is O=c1c2cccnc2cnn1Cc1nc(C2C3CN(c4cc(F)ccn4)CC32)no1. The number of hydrogen-bond acceptors (Lipinski definition) is 8.